The molecule has 0 rings (SSSR count). The SMILES string of the molecule is COC(=O)/C=C(C)/C=C(\C)C(=O)O. The molecule has 0 aromatic rings. The Bertz CT molecular complexity index is 273. The zero-order valence-corrected chi connectivity index (χ0v) is 7.83. The second kappa shape index (κ2) is 5.13. The van der Waals surface area contributed by atoms with Crippen LogP contribution in [-0.4, -0.2) is 24.2 Å². The van der Waals surface area contributed by atoms with Gasteiger partial charge >= 0.3 is 11.9 Å². The number of esters is 1. The maximum Gasteiger partial charge on any atom is 0.331 e. The van der Waals surface area contributed by atoms with Crippen LogP contribution in [0.15, 0.2) is 23.3 Å². The Morgan fingerprint density at radius 2 is 1.77 bits per heavy atom. The molecule has 0 aliphatic heterocycles. The van der Waals surface area contributed by atoms with E-state index in [-0.39, 0.29) is 5.57 Å². The number of allylic oxidation sites excluding steroid dienone is 2. The number of carbonyl (C=O) groups is 2. The molecule has 0 spiro atoms. The number of carbonyl (C=O) groups excluding carboxylic acids is 1. The molecular weight excluding hydrogens is 172 g/mol. The topological polar surface area (TPSA) is 63.6 Å². The quantitative estimate of drug-likeness (QED) is 0.406. The number of ether oxygens (including phenoxy) is 1. The Morgan fingerprint density at radius 3 is 2.15 bits per heavy atom. The fourth-order valence-corrected chi connectivity index (χ4v) is 0.690. The maximum atomic E-state index is 10.7. The summed E-state index contributed by atoms with van der Waals surface area (Å²) in [7, 11) is 1.26. The van der Waals surface area contributed by atoms with Gasteiger partial charge in [-0.05, 0) is 25.5 Å². The van der Waals surface area contributed by atoms with Crippen LogP contribution in [0.25, 0.3) is 0 Å². The molecule has 0 aliphatic rings. The molecule has 0 amide bonds. The minimum Gasteiger partial charge on any atom is -0.478 e. The van der Waals surface area contributed by atoms with Gasteiger partial charge in [0.15, 0.2) is 0 Å². The van der Waals surface area contributed by atoms with Crippen LogP contribution in [0.2, 0.25) is 0 Å². The molecule has 13 heavy (non-hydrogen) atoms. The maximum absolute atomic E-state index is 10.7. The number of rotatable bonds is 3. The van der Waals surface area contributed by atoms with Crippen molar-refractivity contribution in [2.24, 2.45) is 0 Å². The van der Waals surface area contributed by atoms with E-state index in [4.69, 9.17) is 5.11 Å². The van der Waals surface area contributed by atoms with Crippen molar-refractivity contribution >= 4 is 11.9 Å². The molecular formula is C9H12O4. The zero-order chi connectivity index (χ0) is 10.4. The normalized spacial score (nSPS) is 12.5. The third kappa shape index (κ3) is 4.79. The van der Waals surface area contributed by atoms with Crippen LogP contribution in [0.3, 0.4) is 0 Å². The van der Waals surface area contributed by atoms with Gasteiger partial charge in [0, 0.05) is 11.6 Å². The molecule has 0 aliphatic carbocycles. The van der Waals surface area contributed by atoms with E-state index >= 15 is 0 Å². The fourth-order valence-electron chi connectivity index (χ4n) is 0.690. The first-order chi connectivity index (χ1) is 5.97. The van der Waals surface area contributed by atoms with Crippen molar-refractivity contribution in [1.82, 2.24) is 0 Å². The van der Waals surface area contributed by atoms with Gasteiger partial charge in [0.05, 0.1) is 7.11 Å². The summed E-state index contributed by atoms with van der Waals surface area (Å²) in [5.74, 6) is -1.50. The first-order valence-corrected chi connectivity index (χ1v) is 3.65. The molecule has 1 N–H and O–H groups in total. The van der Waals surface area contributed by atoms with E-state index in [1.165, 1.54) is 26.2 Å². The molecule has 0 unspecified atom stereocenters. The third-order valence-electron chi connectivity index (χ3n) is 1.33. The van der Waals surface area contributed by atoms with Gasteiger partial charge in [-0.15, -0.1) is 0 Å². The van der Waals surface area contributed by atoms with Gasteiger partial charge in [-0.2, -0.15) is 0 Å². The predicted octanol–water partition coefficient (Wildman–Crippen LogP) is 1.14. The highest BCUT2D eigenvalue weighted by atomic mass is 16.5. The lowest BCUT2D eigenvalue weighted by Gasteiger charge is -1.95. The summed E-state index contributed by atoms with van der Waals surface area (Å²) < 4.78 is 4.37. The van der Waals surface area contributed by atoms with Crippen LogP contribution in [0.5, 0.6) is 0 Å². The molecule has 0 atom stereocenters. The fraction of sp³-hybridized carbons (Fsp3) is 0.333. The highest BCUT2D eigenvalue weighted by Crippen LogP contribution is 2.01. The number of hydrogen-bond acceptors (Lipinski definition) is 3. The summed E-state index contributed by atoms with van der Waals surface area (Å²) in [6.45, 7) is 3.08. The molecule has 0 bridgehead atoms. The van der Waals surface area contributed by atoms with Crippen molar-refractivity contribution in [2.75, 3.05) is 7.11 Å². The summed E-state index contributed by atoms with van der Waals surface area (Å²) in [5, 5.41) is 8.51. The van der Waals surface area contributed by atoms with E-state index in [0.29, 0.717) is 5.57 Å². The highest BCUT2D eigenvalue weighted by Gasteiger charge is 2.00. The Balaban J connectivity index is 4.54. The Morgan fingerprint density at radius 1 is 1.23 bits per heavy atom. The Kier molecular flexibility index (Phi) is 4.51. The Hall–Kier alpha value is -1.58. The molecule has 0 saturated carbocycles. The molecule has 0 heterocycles. The molecule has 72 valence electrons. The summed E-state index contributed by atoms with van der Waals surface area (Å²) in [6, 6.07) is 0. The van der Waals surface area contributed by atoms with E-state index in [2.05, 4.69) is 4.74 Å². The Labute approximate surface area is 76.5 Å². The number of methoxy groups -OCH3 is 1. The largest absolute Gasteiger partial charge is 0.478 e. The summed E-state index contributed by atoms with van der Waals surface area (Å²) >= 11 is 0. The standard InChI is InChI=1S/C9H12O4/c1-6(5-8(10)13-3)4-7(2)9(11)12/h4-5H,1-3H3,(H,11,12)/b6-5+,7-4+. The first kappa shape index (κ1) is 11.4. The van der Waals surface area contributed by atoms with Crippen LogP contribution in [0.1, 0.15) is 13.8 Å². The van der Waals surface area contributed by atoms with Gasteiger partial charge in [-0.3, -0.25) is 0 Å². The lowest BCUT2D eigenvalue weighted by molar-refractivity contribution is -0.135. The molecule has 4 heteroatoms. The van der Waals surface area contributed by atoms with E-state index < -0.39 is 11.9 Å². The van der Waals surface area contributed by atoms with Crippen molar-refractivity contribution in [3.05, 3.63) is 23.3 Å². The second-order valence-electron chi connectivity index (χ2n) is 2.54. The molecule has 4 nitrogen and oxygen atoms in total. The molecule has 0 fully saturated rings. The summed E-state index contributed by atoms with van der Waals surface area (Å²) in [6.07, 6.45) is 2.63. The lowest BCUT2D eigenvalue weighted by atomic mass is 10.2. The molecule has 0 saturated heterocycles. The summed E-state index contributed by atoms with van der Waals surface area (Å²) in [5.41, 5.74) is 0.726. The monoisotopic (exact) mass is 184 g/mol. The van der Waals surface area contributed by atoms with Gasteiger partial charge in [0.2, 0.25) is 0 Å². The van der Waals surface area contributed by atoms with Crippen molar-refractivity contribution in [3.8, 4) is 0 Å². The van der Waals surface area contributed by atoms with E-state index in [1.807, 2.05) is 0 Å². The lowest BCUT2D eigenvalue weighted by Crippen LogP contribution is -1.98. The number of hydrogen-bond donors (Lipinski definition) is 1. The number of aliphatic carboxylic acids is 1. The first-order valence-electron chi connectivity index (χ1n) is 3.65. The number of carboxylic acid groups (broad SMARTS) is 1. The van der Waals surface area contributed by atoms with Crippen molar-refractivity contribution in [2.45, 2.75) is 13.8 Å². The van der Waals surface area contributed by atoms with Crippen LogP contribution >= 0.6 is 0 Å². The van der Waals surface area contributed by atoms with Crippen LogP contribution < -0.4 is 0 Å². The minimum atomic E-state index is -1.00. The van der Waals surface area contributed by atoms with Crippen LogP contribution in [0, 0.1) is 0 Å². The van der Waals surface area contributed by atoms with E-state index in [9.17, 15) is 9.59 Å². The van der Waals surface area contributed by atoms with Gasteiger partial charge in [-0.25, -0.2) is 9.59 Å². The van der Waals surface area contributed by atoms with Gasteiger partial charge in [-0.1, -0.05) is 0 Å². The molecule has 0 aromatic carbocycles. The van der Waals surface area contributed by atoms with Crippen LogP contribution in [-0.2, 0) is 14.3 Å². The average molecular weight is 184 g/mol. The molecule has 0 radical (unpaired) electrons. The molecule has 0 aromatic heterocycles. The van der Waals surface area contributed by atoms with Gasteiger partial charge < -0.3 is 9.84 Å². The second-order valence-corrected chi connectivity index (χ2v) is 2.54. The summed E-state index contributed by atoms with van der Waals surface area (Å²) in [4.78, 5) is 21.1. The van der Waals surface area contributed by atoms with E-state index in [1.54, 1.807) is 6.92 Å². The highest BCUT2D eigenvalue weighted by molar-refractivity contribution is 5.87. The van der Waals surface area contributed by atoms with Crippen molar-refractivity contribution < 1.29 is 19.4 Å². The zero-order valence-electron chi connectivity index (χ0n) is 7.83. The van der Waals surface area contributed by atoms with Gasteiger partial charge in [0.25, 0.3) is 0 Å². The van der Waals surface area contributed by atoms with Crippen LogP contribution in [0.4, 0.5) is 0 Å². The van der Waals surface area contributed by atoms with Crippen molar-refractivity contribution in [1.29, 1.82) is 0 Å². The smallest absolute Gasteiger partial charge is 0.331 e. The predicted molar refractivity (Wildman–Crippen MR) is 47.2 cm³/mol. The van der Waals surface area contributed by atoms with Gasteiger partial charge in [0.1, 0.15) is 0 Å². The minimum absolute atomic E-state index is 0.178. The average Bonchev–Trinajstić information content (AvgIpc) is 2.03. The number of carboxylic acids is 1. The van der Waals surface area contributed by atoms with Crippen molar-refractivity contribution in [3.63, 3.8) is 0 Å². The van der Waals surface area contributed by atoms with E-state index in [0.717, 1.165) is 0 Å². The third-order valence-corrected chi connectivity index (χ3v) is 1.33.